The molecule has 0 spiro atoms. The van der Waals surface area contributed by atoms with Crippen LogP contribution in [-0.4, -0.2) is 36.9 Å². The first kappa shape index (κ1) is 30.2. The number of ketones is 1. The number of ether oxygens (including phenoxy) is 2. The molecule has 0 aromatic heterocycles. The summed E-state index contributed by atoms with van der Waals surface area (Å²) < 4.78 is 11.3. The Morgan fingerprint density at radius 1 is 0.732 bits per heavy atom. The summed E-state index contributed by atoms with van der Waals surface area (Å²) >= 11 is 1.48. The fourth-order valence-electron chi connectivity index (χ4n) is 4.80. The third kappa shape index (κ3) is 7.11. The number of anilines is 2. The van der Waals surface area contributed by atoms with Crippen LogP contribution in [0.5, 0.6) is 0 Å². The largest absolute Gasteiger partial charge is 0.448 e. The van der Waals surface area contributed by atoms with Crippen molar-refractivity contribution in [2.24, 2.45) is 5.41 Å². The average Bonchev–Trinajstić information content (AvgIpc) is 2.92. The Morgan fingerprint density at radius 2 is 1.17 bits per heavy atom. The van der Waals surface area contributed by atoms with Gasteiger partial charge in [-0.25, -0.2) is 9.59 Å². The van der Waals surface area contributed by atoms with Crippen LogP contribution in [-0.2, 0) is 20.3 Å². The van der Waals surface area contributed by atoms with Gasteiger partial charge in [0.05, 0.1) is 0 Å². The second-order valence-corrected chi connectivity index (χ2v) is 13.4. The predicted molar refractivity (Wildman–Crippen MR) is 164 cm³/mol. The maximum atomic E-state index is 13.8. The van der Waals surface area contributed by atoms with Gasteiger partial charge in [0.15, 0.2) is 5.78 Å². The molecule has 0 saturated heterocycles. The maximum Gasteiger partial charge on any atom is 0.411 e. The van der Waals surface area contributed by atoms with Crippen molar-refractivity contribution >= 4 is 41.1 Å². The minimum Gasteiger partial charge on any atom is -0.448 e. The molecular weight excluding hydrogens is 536 g/mol. The van der Waals surface area contributed by atoms with Crippen molar-refractivity contribution in [3.63, 3.8) is 0 Å². The molecule has 0 radical (unpaired) electrons. The Bertz CT molecular complexity index is 1360. The summed E-state index contributed by atoms with van der Waals surface area (Å²) in [7, 11) is 0. The number of nitrogens with one attached hydrogen (secondary N) is 2. The highest BCUT2D eigenvalue weighted by Crippen LogP contribution is 2.41. The summed E-state index contributed by atoms with van der Waals surface area (Å²) in [6.07, 6.45) is -1.36. The molecule has 2 amide bonds. The quantitative estimate of drug-likeness (QED) is 0.309. The normalized spacial score (nSPS) is 14.5. The fraction of sp³-hybridized carbons (Fsp3) is 0.364. The highest BCUT2D eigenvalue weighted by atomic mass is 32.2. The summed E-state index contributed by atoms with van der Waals surface area (Å²) in [5, 5.41) is 5.65. The lowest BCUT2D eigenvalue weighted by atomic mass is 9.83. The van der Waals surface area contributed by atoms with E-state index < -0.39 is 17.6 Å². The van der Waals surface area contributed by atoms with Crippen molar-refractivity contribution in [3.8, 4) is 0 Å². The standard InChI is InChI=1S/C33H38N2O5S/c1-31(2,3)23-14-8-10-16-25(23)34-29(37)39-19-33(21-41-27-18-12-7-13-22(27)28(33)36)20-40-30(38)35-26-17-11-9-15-24(26)32(4,5)6/h7-18H,19-21H2,1-6H3,(H,34,37)(H,35,38). The molecule has 41 heavy (non-hydrogen) atoms. The van der Waals surface area contributed by atoms with E-state index in [1.54, 1.807) is 12.1 Å². The van der Waals surface area contributed by atoms with E-state index in [2.05, 4.69) is 52.2 Å². The van der Waals surface area contributed by atoms with Crippen LogP contribution >= 0.6 is 11.8 Å². The van der Waals surface area contributed by atoms with E-state index in [9.17, 15) is 14.4 Å². The molecule has 0 aliphatic carbocycles. The first-order valence-electron chi connectivity index (χ1n) is 13.6. The number of hydrogen-bond donors (Lipinski definition) is 2. The number of para-hydroxylation sites is 2. The van der Waals surface area contributed by atoms with Crippen LogP contribution in [0.1, 0.15) is 63.0 Å². The number of Topliss-reactive ketones (excluding diaryl/α,β-unsaturated/α-hetero) is 1. The molecule has 0 atom stereocenters. The zero-order valence-electron chi connectivity index (χ0n) is 24.5. The molecule has 1 heterocycles. The molecule has 216 valence electrons. The van der Waals surface area contributed by atoms with E-state index in [1.807, 2.05) is 60.7 Å². The number of carbonyl (C=O) groups excluding carboxylic acids is 3. The van der Waals surface area contributed by atoms with Gasteiger partial charge in [0.1, 0.15) is 18.6 Å². The van der Waals surface area contributed by atoms with Gasteiger partial charge in [-0.2, -0.15) is 0 Å². The lowest BCUT2D eigenvalue weighted by molar-refractivity contribution is 0.0388. The van der Waals surface area contributed by atoms with Gasteiger partial charge in [0, 0.05) is 27.6 Å². The number of fused-ring (bicyclic) bond motifs is 1. The van der Waals surface area contributed by atoms with Crippen LogP contribution in [0.25, 0.3) is 0 Å². The van der Waals surface area contributed by atoms with Gasteiger partial charge in [-0.15, -0.1) is 11.8 Å². The van der Waals surface area contributed by atoms with Crippen molar-refractivity contribution in [2.75, 3.05) is 29.6 Å². The molecule has 4 rings (SSSR count). The van der Waals surface area contributed by atoms with Gasteiger partial charge in [0.2, 0.25) is 0 Å². The monoisotopic (exact) mass is 574 g/mol. The molecule has 2 N–H and O–H groups in total. The minimum absolute atomic E-state index is 0.197. The third-order valence-electron chi connectivity index (χ3n) is 7.02. The lowest BCUT2D eigenvalue weighted by Crippen LogP contribution is -2.46. The van der Waals surface area contributed by atoms with Crippen LogP contribution in [0.4, 0.5) is 21.0 Å². The summed E-state index contributed by atoms with van der Waals surface area (Å²) in [4.78, 5) is 40.6. The van der Waals surface area contributed by atoms with Crippen LogP contribution in [0.2, 0.25) is 0 Å². The number of benzene rings is 3. The zero-order valence-corrected chi connectivity index (χ0v) is 25.3. The molecule has 8 heteroatoms. The molecule has 1 aliphatic heterocycles. The van der Waals surface area contributed by atoms with Gasteiger partial charge in [-0.1, -0.05) is 96.1 Å². The van der Waals surface area contributed by atoms with Crippen LogP contribution < -0.4 is 10.6 Å². The van der Waals surface area contributed by atoms with E-state index in [0.29, 0.717) is 22.7 Å². The molecule has 0 unspecified atom stereocenters. The zero-order chi connectivity index (χ0) is 29.8. The van der Waals surface area contributed by atoms with Crippen molar-refractivity contribution in [1.29, 1.82) is 0 Å². The molecule has 0 saturated carbocycles. The maximum absolute atomic E-state index is 13.8. The third-order valence-corrected chi connectivity index (χ3v) is 8.38. The van der Waals surface area contributed by atoms with Gasteiger partial charge in [0.25, 0.3) is 0 Å². The summed E-state index contributed by atoms with van der Waals surface area (Å²) in [5.41, 5.74) is 2.08. The Kier molecular flexibility index (Phi) is 8.83. The Labute approximate surface area is 246 Å². The highest BCUT2D eigenvalue weighted by Gasteiger charge is 2.46. The summed E-state index contributed by atoms with van der Waals surface area (Å²) in [6.45, 7) is 11.9. The Hall–Kier alpha value is -3.78. The van der Waals surface area contributed by atoms with Crippen molar-refractivity contribution in [3.05, 3.63) is 89.5 Å². The van der Waals surface area contributed by atoms with Gasteiger partial charge in [-0.05, 0) is 40.2 Å². The average molecular weight is 575 g/mol. The second-order valence-electron chi connectivity index (χ2n) is 12.4. The van der Waals surface area contributed by atoms with Crippen molar-refractivity contribution in [2.45, 2.75) is 57.3 Å². The van der Waals surface area contributed by atoms with Crippen molar-refractivity contribution in [1.82, 2.24) is 0 Å². The summed E-state index contributed by atoms with van der Waals surface area (Å²) in [5.74, 6) is 0.0678. The van der Waals surface area contributed by atoms with E-state index in [1.165, 1.54) is 11.8 Å². The van der Waals surface area contributed by atoms with E-state index in [-0.39, 0.29) is 29.8 Å². The van der Waals surface area contributed by atoms with E-state index in [0.717, 1.165) is 16.0 Å². The van der Waals surface area contributed by atoms with Gasteiger partial charge in [-0.3, -0.25) is 15.4 Å². The van der Waals surface area contributed by atoms with Crippen molar-refractivity contribution < 1.29 is 23.9 Å². The number of rotatable bonds is 6. The lowest BCUT2D eigenvalue weighted by Gasteiger charge is -2.35. The van der Waals surface area contributed by atoms with Gasteiger partial charge < -0.3 is 9.47 Å². The first-order valence-corrected chi connectivity index (χ1v) is 14.6. The van der Waals surface area contributed by atoms with E-state index in [4.69, 9.17) is 9.47 Å². The Balaban J connectivity index is 1.51. The second kappa shape index (κ2) is 12.0. The Morgan fingerprint density at radius 3 is 1.66 bits per heavy atom. The predicted octanol–water partition coefficient (Wildman–Crippen LogP) is 8.05. The SMILES string of the molecule is CC(C)(C)c1ccccc1NC(=O)OCC1(COC(=O)Nc2ccccc2C(C)(C)C)CSc2ccccc2C1=O. The topological polar surface area (TPSA) is 93.7 Å². The van der Waals surface area contributed by atoms with E-state index >= 15 is 0 Å². The van der Waals surface area contributed by atoms with Gasteiger partial charge >= 0.3 is 12.2 Å². The number of carbonyl (C=O) groups is 3. The number of amides is 2. The molecule has 1 aliphatic rings. The smallest absolute Gasteiger partial charge is 0.411 e. The van der Waals surface area contributed by atoms with Crippen LogP contribution in [0, 0.1) is 5.41 Å². The molecule has 3 aromatic carbocycles. The number of thioether (sulfide) groups is 1. The fourth-order valence-corrected chi connectivity index (χ4v) is 6.02. The minimum atomic E-state index is -1.25. The molecule has 0 bridgehead atoms. The molecule has 0 fully saturated rings. The number of hydrogen-bond acceptors (Lipinski definition) is 6. The molecule has 7 nitrogen and oxygen atoms in total. The molecular formula is C33H38N2O5S. The first-order chi connectivity index (χ1) is 19.3. The van der Waals surface area contributed by atoms with Crippen LogP contribution in [0.15, 0.2) is 77.7 Å². The van der Waals surface area contributed by atoms with Crippen LogP contribution in [0.3, 0.4) is 0 Å². The highest BCUT2D eigenvalue weighted by molar-refractivity contribution is 7.99. The molecule has 3 aromatic rings. The summed E-state index contributed by atoms with van der Waals surface area (Å²) in [6, 6.07) is 22.4.